The maximum Gasteiger partial charge on any atom is 0.119 e. The van der Waals surface area contributed by atoms with Crippen LogP contribution in [-0.4, -0.2) is 22.9 Å². The summed E-state index contributed by atoms with van der Waals surface area (Å²) in [6.45, 7) is 8.80. The Hall–Kier alpha value is -1.81. The van der Waals surface area contributed by atoms with E-state index in [0.29, 0.717) is 6.61 Å². The van der Waals surface area contributed by atoms with Gasteiger partial charge in [-0.25, -0.2) is 4.68 Å². The van der Waals surface area contributed by atoms with Crippen molar-refractivity contribution >= 4 is 0 Å². The van der Waals surface area contributed by atoms with Gasteiger partial charge in [0.05, 0.1) is 18.5 Å². The van der Waals surface area contributed by atoms with Gasteiger partial charge in [0.25, 0.3) is 0 Å². The molecule has 4 nitrogen and oxygen atoms in total. The molecule has 108 valence electrons. The first-order valence-corrected chi connectivity index (χ1v) is 7.29. The number of hydrogen-bond acceptors (Lipinski definition) is 3. The molecule has 0 aliphatic heterocycles. The zero-order chi connectivity index (χ0) is 14.4. The summed E-state index contributed by atoms with van der Waals surface area (Å²) in [5.41, 5.74) is 3.60. The lowest BCUT2D eigenvalue weighted by Gasteiger charge is -2.09. The number of ether oxygens (including phenoxy) is 1. The fourth-order valence-corrected chi connectivity index (χ4v) is 2.26. The predicted molar refractivity (Wildman–Crippen MR) is 81.5 cm³/mol. The highest BCUT2D eigenvalue weighted by molar-refractivity contribution is 5.39. The lowest BCUT2D eigenvalue weighted by molar-refractivity contribution is 0.340. The molecule has 1 heterocycles. The molecule has 0 spiro atoms. The fraction of sp³-hybridized carbons (Fsp3) is 0.438. The quantitative estimate of drug-likeness (QED) is 0.843. The summed E-state index contributed by atoms with van der Waals surface area (Å²) < 4.78 is 7.49. The van der Waals surface area contributed by atoms with E-state index in [0.717, 1.165) is 30.9 Å². The first kappa shape index (κ1) is 14.6. The minimum atomic E-state index is 0.689. The highest BCUT2D eigenvalue weighted by Crippen LogP contribution is 2.19. The third-order valence-electron chi connectivity index (χ3n) is 3.25. The van der Waals surface area contributed by atoms with Crippen molar-refractivity contribution in [1.29, 1.82) is 0 Å². The molecule has 0 aliphatic rings. The van der Waals surface area contributed by atoms with Gasteiger partial charge < -0.3 is 10.1 Å². The summed E-state index contributed by atoms with van der Waals surface area (Å²) in [5.74, 6) is 0.898. The number of aromatic nitrogens is 2. The topological polar surface area (TPSA) is 39.1 Å². The smallest absolute Gasteiger partial charge is 0.119 e. The Morgan fingerprint density at radius 1 is 1.15 bits per heavy atom. The van der Waals surface area contributed by atoms with Crippen LogP contribution in [0.3, 0.4) is 0 Å². The van der Waals surface area contributed by atoms with Gasteiger partial charge in [0, 0.05) is 17.8 Å². The minimum Gasteiger partial charge on any atom is -0.494 e. The molecule has 0 radical (unpaired) electrons. The Balaban J connectivity index is 2.25. The number of benzene rings is 1. The van der Waals surface area contributed by atoms with Gasteiger partial charge in [-0.15, -0.1) is 0 Å². The van der Waals surface area contributed by atoms with E-state index < -0.39 is 0 Å². The Kier molecular flexibility index (Phi) is 5.18. The first-order valence-electron chi connectivity index (χ1n) is 7.29. The van der Waals surface area contributed by atoms with Crippen LogP contribution in [0.1, 0.15) is 32.0 Å². The standard InChI is InChI=1S/C16H23N3O/c1-4-16-13(11-17-5-2)12-18-19(16)14-7-9-15(10-8-14)20-6-3/h7-10,12,17H,4-6,11H2,1-3H3. The molecule has 4 heteroatoms. The van der Waals surface area contributed by atoms with Crippen LogP contribution < -0.4 is 10.1 Å². The van der Waals surface area contributed by atoms with Crippen molar-refractivity contribution in [3.63, 3.8) is 0 Å². The molecule has 0 amide bonds. The van der Waals surface area contributed by atoms with Crippen LogP contribution in [0.4, 0.5) is 0 Å². The molecule has 1 aromatic carbocycles. The number of rotatable bonds is 7. The molecule has 0 bridgehead atoms. The second-order valence-electron chi connectivity index (χ2n) is 4.59. The van der Waals surface area contributed by atoms with Crippen LogP contribution in [0.15, 0.2) is 30.5 Å². The second-order valence-corrected chi connectivity index (χ2v) is 4.59. The Morgan fingerprint density at radius 3 is 2.50 bits per heavy atom. The lowest BCUT2D eigenvalue weighted by atomic mass is 10.2. The number of nitrogens with zero attached hydrogens (tertiary/aromatic N) is 2. The van der Waals surface area contributed by atoms with Crippen molar-refractivity contribution in [2.45, 2.75) is 33.7 Å². The van der Waals surface area contributed by atoms with E-state index >= 15 is 0 Å². The van der Waals surface area contributed by atoms with Crippen molar-refractivity contribution < 1.29 is 4.74 Å². The molecule has 0 aliphatic carbocycles. The maximum atomic E-state index is 5.47. The highest BCUT2D eigenvalue weighted by atomic mass is 16.5. The average molecular weight is 273 g/mol. The van der Waals surface area contributed by atoms with Crippen molar-refractivity contribution in [2.75, 3.05) is 13.2 Å². The molecule has 1 aromatic heterocycles. The normalized spacial score (nSPS) is 10.8. The van der Waals surface area contributed by atoms with Gasteiger partial charge in [0.15, 0.2) is 0 Å². The zero-order valence-electron chi connectivity index (χ0n) is 12.5. The van der Waals surface area contributed by atoms with E-state index in [1.165, 1.54) is 11.3 Å². The molecule has 0 unspecified atom stereocenters. The molecule has 1 N–H and O–H groups in total. The molecular weight excluding hydrogens is 250 g/mol. The summed E-state index contributed by atoms with van der Waals surface area (Å²) in [6.07, 6.45) is 2.92. The fourth-order valence-electron chi connectivity index (χ4n) is 2.26. The van der Waals surface area contributed by atoms with Crippen LogP contribution in [0.25, 0.3) is 5.69 Å². The van der Waals surface area contributed by atoms with Gasteiger partial charge in [-0.3, -0.25) is 0 Å². The van der Waals surface area contributed by atoms with Gasteiger partial charge in [-0.1, -0.05) is 13.8 Å². The lowest BCUT2D eigenvalue weighted by Crippen LogP contribution is -2.13. The van der Waals surface area contributed by atoms with Crippen LogP contribution in [0.2, 0.25) is 0 Å². The summed E-state index contributed by atoms with van der Waals surface area (Å²) in [7, 11) is 0. The van der Waals surface area contributed by atoms with Gasteiger partial charge in [0.2, 0.25) is 0 Å². The molecule has 2 aromatic rings. The van der Waals surface area contributed by atoms with Crippen LogP contribution in [-0.2, 0) is 13.0 Å². The van der Waals surface area contributed by atoms with Crippen molar-refractivity contribution in [3.8, 4) is 11.4 Å². The van der Waals surface area contributed by atoms with Crippen molar-refractivity contribution in [2.24, 2.45) is 0 Å². The number of hydrogen-bond donors (Lipinski definition) is 1. The van der Waals surface area contributed by atoms with Gasteiger partial charge in [0.1, 0.15) is 5.75 Å². The summed E-state index contributed by atoms with van der Waals surface area (Å²) >= 11 is 0. The second kappa shape index (κ2) is 7.10. The van der Waals surface area contributed by atoms with Gasteiger partial charge in [-0.2, -0.15) is 5.10 Å². The average Bonchev–Trinajstić information content (AvgIpc) is 2.89. The monoisotopic (exact) mass is 273 g/mol. The summed E-state index contributed by atoms with van der Waals surface area (Å²) in [4.78, 5) is 0. The molecule has 0 fully saturated rings. The predicted octanol–water partition coefficient (Wildman–Crippen LogP) is 2.94. The van der Waals surface area contributed by atoms with E-state index in [2.05, 4.69) is 24.3 Å². The molecule has 0 saturated heterocycles. The van der Waals surface area contributed by atoms with E-state index in [1.54, 1.807) is 0 Å². The number of nitrogens with one attached hydrogen (secondary N) is 1. The van der Waals surface area contributed by atoms with Crippen LogP contribution >= 0.6 is 0 Å². The molecule has 20 heavy (non-hydrogen) atoms. The summed E-state index contributed by atoms with van der Waals surface area (Å²) in [6, 6.07) is 8.08. The first-order chi connectivity index (χ1) is 9.80. The maximum absolute atomic E-state index is 5.47. The Labute approximate surface area is 120 Å². The largest absolute Gasteiger partial charge is 0.494 e. The third-order valence-corrected chi connectivity index (χ3v) is 3.25. The van der Waals surface area contributed by atoms with E-state index in [1.807, 2.05) is 42.1 Å². The Morgan fingerprint density at radius 2 is 1.90 bits per heavy atom. The van der Waals surface area contributed by atoms with Crippen molar-refractivity contribution in [1.82, 2.24) is 15.1 Å². The summed E-state index contributed by atoms with van der Waals surface area (Å²) in [5, 5.41) is 7.88. The SMILES string of the molecule is CCNCc1cnn(-c2ccc(OCC)cc2)c1CC. The van der Waals surface area contributed by atoms with Crippen LogP contribution in [0.5, 0.6) is 5.75 Å². The van der Waals surface area contributed by atoms with Gasteiger partial charge >= 0.3 is 0 Å². The third kappa shape index (κ3) is 3.20. The van der Waals surface area contributed by atoms with E-state index in [-0.39, 0.29) is 0 Å². The van der Waals surface area contributed by atoms with Crippen molar-refractivity contribution in [3.05, 3.63) is 41.7 Å². The van der Waals surface area contributed by atoms with E-state index in [4.69, 9.17) is 4.74 Å². The minimum absolute atomic E-state index is 0.689. The molecular formula is C16H23N3O. The van der Waals surface area contributed by atoms with E-state index in [9.17, 15) is 0 Å². The zero-order valence-corrected chi connectivity index (χ0v) is 12.5. The Bertz CT molecular complexity index is 531. The van der Waals surface area contributed by atoms with Gasteiger partial charge in [-0.05, 0) is 44.2 Å². The molecule has 2 rings (SSSR count). The van der Waals surface area contributed by atoms with Crippen LogP contribution in [0, 0.1) is 0 Å². The molecule has 0 atom stereocenters. The molecule has 0 saturated carbocycles. The highest BCUT2D eigenvalue weighted by Gasteiger charge is 2.10.